The first-order valence-electron chi connectivity index (χ1n) is 10.2. The highest BCUT2D eigenvalue weighted by atomic mass is 32.2. The molecule has 4 atom stereocenters. The van der Waals surface area contributed by atoms with Gasteiger partial charge in [0.05, 0.1) is 45.4 Å². The summed E-state index contributed by atoms with van der Waals surface area (Å²) in [6.45, 7) is 0.807. The van der Waals surface area contributed by atoms with E-state index in [0.29, 0.717) is 13.2 Å². The fraction of sp³-hybridized carbons (Fsp3) is 0.435. The maximum absolute atomic E-state index is 12.2. The molecule has 0 radical (unpaired) electrons. The predicted octanol–water partition coefficient (Wildman–Crippen LogP) is 2.46. The van der Waals surface area contributed by atoms with Crippen molar-refractivity contribution >= 4 is 16.1 Å². The van der Waals surface area contributed by atoms with Crippen LogP contribution in [0.4, 0.5) is 0 Å². The zero-order chi connectivity index (χ0) is 23.0. The lowest BCUT2D eigenvalue weighted by molar-refractivity contribution is -0.194. The number of hydrogen-bond acceptors (Lipinski definition) is 8. The highest BCUT2D eigenvalue weighted by Gasteiger charge is 2.42. The van der Waals surface area contributed by atoms with Crippen LogP contribution < -0.4 is 0 Å². The van der Waals surface area contributed by atoms with Gasteiger partial charge in [0, 0.05) is 6.42 Å². The highest BCUT2D eigenvalue weighted by molar-refractivity contribution is 7.86. The van der Waals surface area contributed by atoms with Crippen LogP contribution in [-0.2, 0) is 51.3 Å². The van der Waals surface area contributed by atoms with E-state index in [9.17, 15) is 13.2 Å². The van der Waals surface area contributed by atoms with E-state index in [4.69, 9.17) is 23.1 Å². The lowest BCUT2D eigenvalue weighted by Crippen LogP contribution is -2.51. The Labute approximate surface area is 188 Å². The summed E-state index contributed by atoms with van der Waals surface area (Å²) in [4.78, 5) is 12.2. The molecule has 0 spiro atoms. The fourth-order valence-electron chi connectivity index (χ4n) is 3.43. The summed E-state index contributed by atoms with van der Waals surface area (Å²) in [5.74, 6) is -0.828. The summed E-state index contributed by atoms with van der Waals surface area (Å²) in [6.07, 6.45) is -2.08. The first-order valence-corrected chi connectivity index (χ1v) is 12.1. The van der Waals surface area contributed by atoms with Gasteiger partial charge >= 0.3 is 5.97 Å². The molecule has 1 heterocycles. The second kappa shape index (κ2) is 11.5. The molecule has 1 aliphatic rings. The Kier molecular flexibility index (Phi) is 8.77. The van der Waals surface area contributed by atoms with Crippen LogP contribution in [0.25, 0.3) is 0 Å². The number of esters is 1. The zero-order valence-electron chi connectivity index (χ0n) is 18.1. The van der Waals surface area contributed by atoms with Crippen molar-refractivity contribution in [2.45, 2.75) is 44.1 Å². The average molecular weight is 465 g/mol. The van der Waals surface area contributed by atoms with Gasteiger partial charge in [-0.3, -0.25) is 4.18 Å². The van der Waals surface area contributed by atoms with Crippen molar-refractivity contribution in [2.75, 3.05) is 20.0 Å². The molecule has 0 unspecified atom stereocenters. The van der Waals surface area contributed by atoms with Crippen LogP contribution in [0.15, 0.2) is 60.7 Å². The molecule has 1 aliphatic heterocycles. The SMILES string of the molecule is COC(=O)[C@@H](OS(C)(=O)=O)[C@@H]1C[C@H](OCc2ccccc2)[C@H](OCc2ccccc2)CO1. The quantitative estimate of drug-likeness (QED) is 0.391. The molecule has 0 N–H and O–H groups in total. The van der Waals surface area contributed by atoms with E-state index in [2.05, 4.69) is 0 Å². The molecule has 1 fully saturated rings. The summed E-state index contributed by atoms with van der Waals surface area (Å²) in [5, 5.41) is 0. The second-order valence-electron chi connectivity index (χ2n) is 7.52. The maximum Gasteiger partial charge on any atom is 0.339 e. The van der Waals surface area contributed by atoms with Crippen LogP contribution in [0.2, 0.25) is 0 Å². The smallest absolute Gasteiger partial charge is 0.339 e. The van der Waals surface area contributed by atoms with Crippen molar-refractivity contribution in [1.29, 1.82) is 0 Å². The minimum atomic E-state index is -3.91. The fourth-order valence-corrected chi connectivity index (χ4v) is 4.01. The Bertz CT molecular complexity index is 948. The van der Waals surface area contributed by atoms with Crippen molar-refractivity contribution < 1.29 is 36.3 Å². The Hall–Kier alpha value is -2.30. The predicted molar refractivity (Wildman–Crippen MR) is 116 cm³/mol. The molecule has 0 bridgehead atoms. The Balaban J connectivity index is 1.72. The van der Waals surface area contributed by atoms with Gasteiger partial charge in [-0.2, -0.15) is 8.42 Å². The lowest BCUT2D eigenvalue weighted by Gasteiger charge is -2.37. The Morgan fingerprint density at radius 3 is 2.00 bits per heavy atom. The minimum absolute atomic E-state index is 0.109. The first-order chi connectivity index (χ1) is 15.4. The highest BCUT2D eigenvalue weighted by Crippen LogP contribution is 2.26. The average Bonchev–Trinajstić information content (AvgIpc) is 2.80. The van der Waals surface area contributed by atoms with Crippen molar-refractivity contribution in [3.63, 3.8) is 0 Å². The van der Waals surface area contributed by atoms with Gasteiger partial charge in [0.15, 0.2) is 6.10 Å². The second-order valence-corrected chi connectivity index (χ2v) is 9.12. The number of rotatable bonds is 10. The Morgan fingerprint density at radius 1 is 0.969 bits per heavy atom. The lowest BCUT2D eigenvalue weighted by atomic mass is 9.99. The summed E-state index contributed by atoms with van der Waals surface area (Å²) >= 11 is 0. The van der Waals surface area contributed by atoms with E-state index in [1.807, 2.05) is 60.7 Å². The van der Waals surface area contributed by atoms with Gasteiger partial charge in [0.1, 0.15) is 6.10 Å². The number of benzene rings is 2. The largest absolute Gasteiger partial charge is 0.467 e. The van der Waals surface area contributed by atoms with Crippen LogP contribution in [0.1, 0.15) is 17.5 Å². The summed E-state index contributed by atoms with van der Waals surface area (Å²) in [5.41, 5.74) is 1.98. The molecule has 0 aliphatic carbocycles. The van der Waals surface area contributed by atoms with Gasteiger partial charge in [-0.05, 0) is 11.1 Å². The van der Waals surface area contributed by atoms with Crippen molar-refractivity contribution in [2.24, 2.45) is 0 Å². The normalized spacial score (nSPS) is 22.2. The maximum atomic E-state index is 12.2. The third kappa shape index (κ3) is 7.39. The monoisotopic (exact) mass is 464 g/mol. The zero-order valence-corrected chi connectivity index (χ0v) is 18.9. The molecule has 2 aromatic rings. The number of carbonyl (C=O) groups excluding carboxylic acids is 1. The van der Waals surface area contributed by atoms with Gasteiger partial charge < -0.3 is 18.9 Å². The number of carbonyl (C=O) groups is 1. The van der Waals surface area contributed by atoms with Gasteiger partial charge in [0.2, 0.25) is 0 Å². The van der Waals surface area contributed by atoms with Crippen molar-refractivity contribution in [1.82, 2.24) is 0 Å². The molecule has 9 heteroatoms. The molecule has 1 saturated heterocycles. The van der Waals surface area contributed by atoms with Crippen molar-refractivity contribution in [3.8, 4) is 0 Å². The van der Waals surface area contributed by atoms with E-state index >= 15 is 0 Å². The van der Waals surface area contributed by atoms with Crippen LogP contribution >= 0.6 is 0 Å². The molecule has 32 heavy (non-hydrogen) atoms. The molecular formula is C23H28O8S. The van der Waals surface area contributed by atoms with Crippen molar-refractivity contribution in [3.05, 3.63) is 71.8 Å². The molecule has 3 rings (SSSR count). The van der Waals surface area contributed by atoms with Gasteiger partial charge in [-0.15, -0.1) is 0 Å². The molecule has 0 amide bonds. The molecule has 0 aromatic heterocycles. The van der Waals surface area contributed by atoms with Crippen LogP contribution in [0.5, 0.6) is 0 Å². The molecule has 8 nitrogen and oxygen atoms in total. The van der Waals surface area contributed by atoms with Crippen LogP contribution in [0.3, 0.4) is 0 Å². The van der Waals surface area contributed by atoms with Gasteiger partial charge in [-0.25, -0.2) is 4.79 Å². The van der Waals surface area contributed by atoms with Gasteiger partial charge in [-0.1, -0.05) is 60.7 Å². The molecular weight excluding hydrogens is 436 g/mol. The number of methoxy groups -OCH3 is 1. The summed E-state index contributed by atoms with van der Waals surface area (Å²) in [6, 6.07) is 19.4. The van der Waals surface area contributed by atoms with Crippen LogP contribution in [0, 0.1) is 0 Å². The topological polar surface area (TPSA) is 97.4 Å². The Morgan fingerprint density at radius 2 is 1.50 bits per heavy atom. The van der Waals surface area contributed by atoms with E-state index in [-0.39, 0.29) is 13.0 Å². The molecule has 2 aromatic carbocycles. The standard InChI is InChI=1S/C23H28O8S/c1-27-23(24)22(31-32(2,25)26)20-13-19(28-14-17-9-5-3-6-10-17)21(16-30-20)29-15-18-11-7-4-8-12-18/h3-12,19-22H,13-16H2,1-2H3/t19-,20-,21+,22-/m0/s1. The van der Waals surface area contributed by atoms with E-state index in [1.54, 1.807) is 0 Å². The summed E-state index contributed by atoms with van der Waals surface area (Å²) < 4.78 is 51.1. The third-order valence-electron chi connectivity index (χ3n) is 5.02. The summed E-state index contributed by atoms with van der Waals surface area (Å²) in [7, 11) is -2.75. The van der Waals surface area contributed by atoms with E-state index in [1.165, 1.54) is 7.11 Å². The minimum Gasteiger partial charge on any atom is -0.467 e. The first kappa shape index (κ1) is 24.3. The van der Waals surface area contributed by atoms with Gasteiger partial charge in [0.25, 0.3) is 10.1 Å². The molecule has 174 valence electrons. The van der Waals surface area contributed by atoms with E-state index < -0.39 is 40.5 Å². The molecule has 0 saturated carbocycles. The number of hydrogen-bond donors (Lipinski definition) is 0. The number of ether oxygens (including phenoxy) is 4. The van der Waals surface area contributed by atoms with Crippen LogP contribution in [-0.4, -0.2) is 58.8 Å². The van der Waals surface area contributed by atoms with E-state index in [0.717, 1.165) is 17.4 Å². The third-order valence-corrected chi connectivity index (χ3v) is 5.57.